The summed E-state index contributed by atoms with van der Waals surface area (Å²) in [4.78, 5) is 14.0. The summed E-state index contributed by atoms with van der Waals surface area (Å²) >= 11 is 0. The van der Waals surface area contributed by atoms with Gasteiger partial charge in [-0.15, -0.1) is 0 Å². The van der Waals surface area contributed by atoms with Gasteiger partial charge in [0.2, 0.25) is 0 Å². The molecule has 0 aromatic rings. The van der Waals surface area contributed by atoms with Gasteiger partial charge >= 0.3 is 5.97 Å². The molecule has 6 rings (SSSR count). The quantitative estimate of drug-likeness (QED) is 0.288. The number of hydrogen-bond donors (Lipinski definition) is 1. The lowest BCUT2D eigenvalue weighted by Gasteiger charge is -2.72. The van der Waals surface area contributed by atoms with E-state index in [0.29, 0.717) is 46.5 Å². The Morgan fingerprint density at radius 1 is 0.763 bits per heavy atom. The van der Waals surface area contributed by atoms with E-state index in [1.54, 1.807) is 0 Å². The zero-order valence-electron chi connectivity index (χ0n) is 25.8. The number of esters is 1. The molecule has 6 aliphatic carbocycles. The average Bonchev–Trinajstić information content (AvgIpc) is 3.47. The monoisotopic (exact) mass is 526 g/mol. The van der Waals surface area contributed by atoms with Crippen molar-refractivity contribution in [1.82, 2.24) is 0 Å². The molecule has 10 atom stereocenters. The van der Waals surface area contributed by atoms with Gasteiger partial charge in [-0.2, -0.15) is 0 Å². The van der Waals surface area contributed by atoms with Gasteiger partial charge in [-0.1, -0.05) is 54.9 Å². The number of carbonyl (C=O) groups is 1. The predicted molar refractivity (Wildman–Crippen MR) is 153 cm³/mol. The van der Waals surface area contributed by atoms with E-state index in [0.717, 1.165) is 38.0 Å². The number of rotatable bonds is 5. The van der Waals surface area contributed by atoms with E-state index >= 15 is 0 Å². The molecule has 3 heteroatoms. The molecule has 216 valence electrons. The summed E-state index contributed by atoms with van der Waals surface area (Å²) in [6, 6.07) is 0. The van der Waals surface area contributed by atoms with Crippen LogP contribution in [0.1, 0.15) is 138 Å². The summed E-state index contributed by atoms with van der Waals surface area (Å²) in [5.41, 5.74) is 1.15. The second kappa shape index (κ2) is 8.72. The Morgan fingerprint density at radius 3 is 2.18 bits per heavy atom. The Morgan fingerprint density at radius 2 is 1.50 bits per heavy atom. The summed E-state index contributed by atoms with van der Waals surface area (Å²) in [7, 11) is 0. The van der Waals surface area contributed by atoms with Crippen LogP contribution in [0.15, 0.2) is 0 Å². The zero-order chi connectivity index (χ0) is 27.4. The number of aliphatic hydroxyl groups excluding tert-OH is 1. The minimum Gasteiger partial charge on any atom is -0.465 e. The maximum atomic E-state index is 14.0. The number of fused-ring (bicyclic) bond motifs is 7. The summed E-state index contributed by atoms with van der Waals surface area (Å²) in [5.74, 6) is 3.36. The van der Waals surface area contributed by atoms with Gasteiger partial charge in [-0.25, -0.2) is 0 Å². The smallest absolute Gasteiger partial charge is 0.312 e. The Labute approximate surface area is 233 Å². The van der Waals surface area contributed by atoms with Crippen LogP contribution in [0.2, 0.25) is 0 Å². The molecule has 3 nitrogen and oxygen atoms in total. The van der Waals surface area contributed by atoms with Gasteiger partial charge in [-0.05, 0) is 140 Å². The molecule has 0 aliphatic heterocycles. The lowest BCUT2D eigenvalue weighted by molar-refractivity contribution is -0.250. The van der Waals surface area contributed by atoms with Crippen LogP contribution in [0.5, 0.6) is 0 Å². The molecule has 6 saturated carbocycles. The third-order valence-electron chi connectivity index (χ3n) is 15.5. The van der Waals surface area contributed by atoms with Gasteiger partial charge < -0.3 is 9.84 Å². The molecule has 1 N–H and O–H groups in total. The molecule has 38 heavy (non-hydrogen) atoms. The standard InChI is InChI=1S/C35H58O3/c1-8-9-22-38-29(37)35-17-12-23(31(4)18-19-31)28(35)24-10-11-26-32(5)15-14-27(36)30(2,3)25(32)13-16-34(26,7)33(24,6)20-21-35/h23-28,36H,8-22H2,1-7H3/t23-,24-,25+,26-,27+,28-,32+,33-,34-,35+/m1/s1. The molecule has 6 fully saturated rings. The summed E-state index contributed by atoms with van der Waals surface area (Å²) in [6.45, 7) is 18.0. The number of carbonyl (C=O) groups excluding carboxylic acids is 1. The number of ether oxygens (including phenoxy) is 1. The fourth-order valence-electron chi connectivity index (χ4n) is 12.7. The highest BCUT2D eigenvalue weighted by atomic mass is 16.5. The molecular weight excluding hydrogens is 468 g/mol. The van der Waals surface area contributed by atoms with Crippen LogP contribution in [0.3, 0.4) is 0 Å². The summed E-state index contributed by atoms with van der Waals surface area (Å²) in [5, 5.41) is 11.0. The topological polar surface area (TPSA) is 46.5 Å². The van der Waals surface area contributed by atoms with Crippen molar-refractivity contribution in [3.05, 3.63) is 0 Å². The normalized spacial score (nSPS) is 52.2. The summed E-state index contributed by atoms with van der Waals surface area (Å²) < 4.78 is 6.11. The first-order chi connectivity index (χ1) is 17.8. The van der Waals surface area contributed by atoms with Gasteiger partial charge in [0.15, 0.2) is 0 Å². The first kappa shape index (κ1) is 27.6. The Hall–Kier alpha value is -0.570. The molecule has 0 spiro atoms. The molecule has 0 bridgehead atoms. The molecule has 0 saturated heterocycles. The van der Waals surface area contributed by atoms with Crippen molar-refractivity contribution in [2.75, 3.05) is 6.61 Å². The van der Waals surface area contributed by atoms with E-state index < -0.39 is 0 Å². The maximum Gasteiger partial charge on any atom is 0.312 e. The van der Waals surface area contributed by atoms with Crippen molar-refractivity contribution >= 4 is 5.97 Å². The van der Waals surface area contributed by atoms with Gasteiger partial charge in [0.05, 0.1) is 18.1 Å². The number of unbranched alkanes of at least 4 members (excludes halogenated alkanes) is 1. The molecule has 0 amide bonds. The predicted octanol–water partition coefficient (Wildman–Crippen LogP) is 8.57. The maximum absolute atomic E-state index is 14.0. The highest BCUT2D eigenvalue weighted by molar-refractivity contribution is 5.78. The largest absolute Gasteiger partial charge is 0.465 e. The molecule has 0 aromatic carbocycles. The highest BCUT2D eigenvalue weighted by Gasteiger charge is 2.73. The van der Waals surface area contributed by atoms with Crippen LogP contribution in [0.25, 0.3) is 0 Å². The molecular formula is C35H58O3. The van der Waals surface area contributed by atoms with E-state index in [2.05, 4.69) is 48.5 Å². The van der Waals surface area contributed by atoms with Crippen molar-refractivity contribution in [3.8, 4) is 0 Å². The van der Waals surface area contributed by atoms with E-state index in [9.17, 15) is 9.90 Å². The Kier molecular flexibility index (Phi) is 6.33. The van der Waals surface area contributed by atoms with Gasteiger partial charge in [0.25, 0.3) is 0 Å². The molecule has 0 radical (unpaired) electrons. The van der Waals surface area contributed by atoms with Crippen molar-refractivity contribution in [2.45, 2.75) is 144 Å². The van der Waals surface area contributed by atoms with Crippen LogP contribution < -0.4 is 0 Å². The Bertz CT molecular complexity index is 951. The Balaban J connectivity index is 1.36. The number of hydrogen-bond acceptors (Lipinski definition) is 3. The fourth-order valence-corrected chi connectivity index (χ4v) is 12.7. The van der Waals surface area contributed by atoms with Crippen LogP contribution >= 0.6 is 0 Å². The fraction of sp³-hybridized carbons (Fsp3) is 0.971. The van der Waals surface area contributed by atoms with Gasteiger partial charge in [-0.3, -0.25) is 4.79 Å². The highest BCUT2D eigenvalue weighted by Crippen LogP contribution is 2.79. The minimum atomic E-state index is -0.227. The van der Waals surface area contributed by atoms with E-state index in [1.807, 2.05) is 0 Å². The first-order valence-corrected chi connectivity index (χ1v) is 16.7. The van der Waals surface area contributed by atoms with E-state index in [4.69, 9.17) is 4.74 Å². The van der Waals surface area contributed by atoms with E-state index in [-0.39, 0.29) is 28.3 Å². The van der Waals surface area contributed by atoms with Gasteiger partial charge in [0.1, 0.15) is 0 Å². The van der Waals surface area contributed by atoms with E-state index in [1.165, 1.54) is 57.8 Å². The molecule has 0 unspecified atom stereocenters. The zero-order valence-corrected chi connectivity index (χ0v) is 25.8. The first-order valence-electron chi connectivity index (χ1n) is 16.7. The van der Waals surface area contributed by atoms with Crippen molar-refractivity contribution in [2.24, 2.45) is 62.1 Å². The molecule has 6 aliphatic rings. The third-order valence-corrected chi connectivity index (χ3v) is 15.5. The lowest BCUT2D eigenvalue weighted by atomic mass is 9.32. The van der Waals surface area contributed by atoms with Crippen molar-refractivity contribution < 1.29 is 14.6 Å². The summed E-state index contributed by atoms with van der Waals surface area (Å²) in [6.07, 6.45) is 16.5. The molecule has 0 aromatic heterocycles. The van der Waals surface area contributed by atoms with Crippen LogP contribution in [0, 0.1) is 62.1 Å². The number of aliphatic hydroxyl groups is 1. The van der Waals surface area contributed by atoms with Gasteiger partial charge in [0, 0.05) is 0 Å². The third kappa shape index (κ3) is 3.44. The van der Waals surface area contributed by atoms with Crippen molar-refractivity contribution in [1.29, 1.82) is 0 Å². The second-order valence-electron chi connectivity index (χ2n) is 17.0. The van der Waals surface area contributed by atoms with Crippen molar-refractivity contribution in [3.63, 3.8) is 0 Å². The van der Waals surface area contributed by atoms with Crippen LogP contribution in [0.4, 0.5) is 0 Å². The SMILES string of the molecule is CCCCOC(=O)[C@]12CC[C@@H](C3(C)CC3)[C@@H]1[C@H]1CC[C@@H]3[C@@]4(C)CC[C@H](O)C(C)(C)[C@@H]4CC[C@@]3(C)[C@]1(C)CC2. The van der Waals surface area contributed by atoms with Crippen LogP contribution in [-0.4, -0.2) is 23.8 Å². The molecule has 0 heterocycles. The average molecular weight is 527 g/mol. The van der Waals surface area contributed by atoms with Crippen LogP contribution in [-0.2, 0) is 9.53 Å². The minimum absolute atomic E-state index is 0.00711. The lowest BCUT2D eigenvalue weighted by Crippen LogP contribution is -2.67. The second-order valence-corrected chi connectivity index (χ2v) is 17.0.